The molecule has 0 amide bonds. The van der Waals surface area contributed by atoms with Crippen molar-refractivity contribution in [2.75, 3.05) is 0 Å². The second-order valence-electron chi connectivity index (χ2n) is 9.60. The van der Waals surface area contributed by atoms with E-state index in [2.05, 4.69) is 55.5 Å². The molecule has 0 saturated carbocycles. The van der Waals surface area contributed by atoms with Crippen molar-refractivity contribution < 1.29 is 8.42 Å². The lowest BCUT2D eigenvalue weighted by molar-refractivity contribution is 0.483. The van der Waals surface area contributed by atoms with Gasteiger partial charge in [0.05, 0.1) is 16.4 Å². The molecule has 2 aromatic carbocycles. The molecule has 0 saturated heterocycles. The zero-order valence-corrected chi connectivity index (χ0v) is 21.3. The smallest absolute Gasteiger partial charge is 0.238 e. The number of allylic oxidation sites excluding steroid dienone is 2. The van der Waals surface area contributed by atoms with Gasteiger partial charge in [-0.3, -0.25) is 9.67 Å². The van der Waals surface area contributed by atoms with E-state index in [0.717, 1.165) is 67.3 Å². The lowest BCUT2D eigenvalue weighted by atomic mass is 10.0. The number of nitrogens with two attached hydrogens (primary N) is 1. The van der Waals surface area contributed by atoms with Gasteiger partial charge in [-0.05, 0) is 85.1 Å². The third kappa shape index (κ3) is 6.99. The van der Waals surface area contributed by atoms with Crippen LogP contribution >= 0.6 is 0 Å². The number of fused-ring (bicyclic) bond motifs is 1. The third-order valence-corrected chi connectivity index (χ3v) is 7.05. The first-order valence-corrected chi connectivity index (χ1v) is 13.8. The molecule has 2 N–H and O–H groups in total. The first kappa shape index (κ1) is 25.1. The van der Waals surface area contributed by atoms with E-state index in [4.69, 9.17) is 10.1 Å². The van der Waals surface area contributed by atoms with Crippen LogP contribution in [0.25, 0.3) is 17.2 Å². The monoisotopic (exact) mass is 490 g/mol. The van der Waals surface area contributed by atoms with Gasteiger partial charge in [0.1, 0.15) is 0 Å². The SMILES string of the molecule is CC(C)Cn1cc(-c2ccc3/c(c2)=C\CC\C=C(CCCCc2ccc(S(N)(=O)=O)cc2)/N=3)cn1. The molecule has 0 spiro atoms. The van der Waals surface area contributed by atoms with Gasteiger partial charge >= 0.3 is 0 Å². The van der Waals surface area contributed by atoms with Crippen LogP contribution in [0.1, 0.15) is 51.5 Å². The van der Waals surface area contributed by atoms with Crippen LogP contribution in [0.2, 0.25) is 0 Å². The number of nitrogens with zero attached hydrogens (tertiary/aromatic N) is 3. The predicted molar refractivity (Wildman–Crippen MR) is 140 cm³/mol. The number of unbranched alkanes of at least 4 members (excludes halogenated alkanes) is 1. The quantitative estimate of drug-likeness (QED) is 0.452. The van der Waals surface area contributed by atoms with E-state index in [9.17, 15) is 8.42 Å². The van der Waals surface area contributed by atoms with Crippen LogP contribution in [-0.2, 0) is 23.0 Å². The fourth-order valence-electron chi connectivity index (χ4n) is 4.31. The summed E-state index contributed by atoms with van der Waals surface area (Å²) >= 11 is 0. The highest BCUT2D eigenvalue weighted by molar-refractivity contribution is 7.89. The Labute approximate surface area is 208 Å². The van der Waals surface area contributed by atoms with Gasteiger partial charge in [0.25, 0.3) is 0 Å². The van der Waals surface area contributed by atoms with E-state index in [1.807, 2.05) is 23.0 Å². The second-order valence-corrected chi connectivity index (χ2v) is 11.2. The Morgan fingerprint density at radius 3 is 2.46 bits per heavy atom. The molecule has 3 aromatic rings. The average Bonchev–Trinajstić information content (AvgIpc) is 3.25. The molecule has 4 rings (SSSR count). The molecule has 1 aliphatic heterocycles. The van der Waals surface area contributed by atoms with Crippen molar-refractivity contribution in [3.8, 4) is 11.1 Å². The van der Waals surface area contributed by atoms with Gasteiger partial charge in [-0.15, -0.1) is 0 Å². The van der Waals surface area contributed by atoms with Crippen LogP contribution in [0.4, 0.5) is 0 Å². The number of sulfonamides is 1. The van der Waals surface area contributed by atoms with Crippen molar-refractivity contribution >= 4 is 16.1 Å². The van der Waals surface area contributed by atoms with Gasteiger partial charge in [0.2, 0.25) is 10.0 Å². The maximum absolute atomic E-state index is 11.4. The van der Waals surface area contributed by atoms with E-state index in [-0.39, 0.29) is 4.90 Å². The minimum absolute atomic E-state index is 0.155. The summed E-state index contributed by atoms with van der Waals surface area (Å²) in [6, 6.07) is 13.3. The summed E-state index contributed by atoms with van der Waals surface area (Å²) in [5, 5.41) is 11.9. The van der Waals surface area contributed by atoms with E-state index >= 15 is 0 Å². The van der Waals surface area contributed by atoms with Gasteiger partial charge in [-0.1, -0.05) is 44.2 Å². The molecule has 1 aromatic heterocycles. The Balaban J connectivity index is 1.40. The number of hydrogen-bond acceptors (Lipinski definition) is 4. The van der Waals surface area contributed by atoms with Crippen LogP contribution < -0.4 is 15.7 Å². The summed E-state index contributed by atoms with van der Waals surface area (Å²) in [6.45, 7) is 5.31. The Kier molecular flexibility index (Phi) is 7.98. The second kappa shape index (κ2) is 11.1. The lowest BCUT2D eigenvalue weighted by Crippen LogP contribution is -2.25. The molecule has 0 fully saturated rings. The van der Waals surface area contributed by atoms with E-state index < -0.39 is 10.0 Å². The van der Waals surface area contributed by atoms with Gasteiger partial charge in [0, 0.05) is 24.0 Å². The summed E-state index contributed by atoms with van der Waals surface area (Å²) in [6.07, 6.45) is 14.5. The Hall–Kier alpha value is -3.03. The largest absolute Gasteiger partial charge is 0.272 e. The summed E-state index contributed by atoms with van der Waals surface area (Å²) in [5.74, 6) is 0.561. The number of hydrogen-bond donors (Lipinski definition) is 1. The Morgan fingerprint density at radius 1 is 0.971 bits per heavy atom. The van der Waals surface area contributed by atoms with E-state index in [1.165, 1.54) is 10.8 Å². The molecule has 184 valence electrons. The maximum Gasteiger partial charge on any atom is 0.238 e. The zero-order chi connectivity index (χ0) is 24.8. The number of aromatic nitrogens is 2. The number of aryl methyl sites for hydroxylation is 1. The fraction of sp³-hybridized carbons (Fsp3) is 0.357. The number of rotatable bonds is 9. The first-order chi connectivity index (χ1) is 16.8. The molecule has 2 heterocycles. The molecule has 0 radical (unpaired) electrons. The highest BCUT2D eigenvalue weighted by atomic mass is 32.2. The molecule has 7 heteroatoms. The molecule has 0 atom stereocenters. The normalized spacial score (nSPS) is 17.3. The van der Waals surface area contributed by atoms with Crippen LogP contribution in [-0.4, -0.2) is 18.2 Å². The molecule has 0 aliphatic carbocycles. The summed E-state index contributed by atoms with van der Waals surface area (Å²) < 4.78 is 24.8. The van der Waals surface area contributed by atoms with Crippen molar-refractivity contribution in [1.82, 2.24) is 9.78 Å². The van der Waals surface area contributed by atoms with E-state index in [1.54, 1.807) is 12.1 Å². The van der Waals surface area contributed by atoms with Crippen molar-refractivity contribution in [3.63, 3.8) is 0 Å². The van der Waals surface area contributed by atoms with Gasteiger partial charge in [0.15, 0.2) is 0 Å². The van der Waals surface area contributed by atoms with Crippen molar-refractivity contribution in [2.24, 2.45) is 16.0 Å². The predicted octanol–water partition coefficient (Wildman–Crippen LogP) is 4.34. The molecule has 35 heavy (non-hydrogen) atoms. The number of benzene rings is 2. The van der Waals surface area contributed by atoms with Crippen LogP contribution in [0, 0.1) is 5.92 Å². The first-order valence-electron chi connectivity index (χ1n) is 12.3. The minimum Gasteiger partial charge on any atom is -0.272 e. The summed E-state index contributed by atoms with van der Waals surface area (Å²) in [4.78, 5) is 5.15. The van der Waals surface area contributed by atoms with Gasteiger partial charge in [-0.25, -0.2) is 13.6 Å². The van der Waals surface area contributed by atoms with Crippen molar-refractivity contribution in [2.45, 2.75) is 63.8 Å². The Bertz CT molecular complexity index is 1420. The van der Waals surface area contributed by atoms with Crippen LogP contribution in [0.3, 0.4) is 0 Å². The summed E-state index contributed by atoms with van der Waals surface area (Å²) in [7, 11) is -3.64. The molecular formula is C28H34N4O2S. The molecule has 6 nitrogen and oxygen atoms in total. The maximum atomic E-state index is 11.4. The highest BCUT2D eigenvalue weighted by Crippen LogP contribution is 2.18. The number of primary sulfonamides is 1. The average molecular weight is 491 g/mol. The summed E-state index contributed by atoms with van der Waals surface area (Å²) in [5.41, 5.74) is 4.56. The topological polar surface area (TPSA) is 90.3 Å². The highest BCUT2D eigenvalue weighted by Gasteiger charge is 2.08. The van der Waals surface area contributed by atoms with E-state index in [0.29, 0.717) is 5.92 Å². The van der Waals surface area contributed by atoms with Gasteiger partial charge < -0.3 is 0 Å². The van der Waals surface area contributed by atoms with Crippen LogP contribution in [0.5, 0.6) is 0 Å². The molecule has 1 aliphatic rings. The van der Waals surface area contributed by atoms with Crippen molar-refractivity contribution in [1.29, 1.82) is 0 Å². The Morgan fingerprint density at radius 2 is 1.71 bits per heavy atom. The molecular weight excluding hydrogens is 456 g/mol. The lowest BCUT2D eigenvalue weighted by Gasteiger charge is -2.07. The fourth-order valence-corrected chi connectivity index (χ4v) is 4.83. The molecule has 0 bridgehead atoms. The van der Waals surface area contributed by atoms with Crippen molar-refractivity contribution in [3.05, 3.63) is 82.8 Å². The minimum atomic E-state index is -3.64. The standard InChI is InChI=1S/C28H34N4O2S/c1-21(2)19-32-20-25(18-30-32)23-13-16-28-24(17-23)8-4-6-10-26(31-28)9-5-3-7-22-11-14-27(15-12-22)35(29,33)34/h8,10-18,20-21H,3-7,9,19H2,1-2H3,(H2,29,33,34)/b24-8-,26-10-,31-28+. The zero-order valence-electron chi connectivity index (χ0n) is 20.5. The van der Waals surface area contributed by atoms with Gasteiger partial charge in [-0.2, -0.15) is 5.10 Å². The molecule has 0 unspecified atom stereocenters. The van der Waals surface area contributed by atoms with Crippen LogP contribution in [0.15, 0.2) is 76.5 Å². The third-order valence-electron chi connectivity index (χ3n) is 6.12.